The third-order valence-electron chi connectivity index (χ3n) is 2.79. The highest BCUT2D eigenvalue weighted by atomic mass is 16.6. The van der Waals surface area contributed by atoms with E-state index < -0.39 is 22.6 Å². The van der Waals surface area contributed by atoms with Crippen molar-refractivity contribution in [2.24, 2.45) is 5.84 Å². The zero-order valence-corrected chi connectivity index (χ0v) is 10.4. The van der Waals surface area contributed by atoms with Crippen molar-refractivity contribution in [3.63, 3.8) is 0 Å². The van der Waals surface area contributed by atoms with E-state index in [0.717, 1.165) is 11.1 Å². The third kappa shape index (κ3) is 2.33. The first-order valence-electron chi connectivity index (χ1n) is 5.49. The number of likely N-dealkylation sites (N-methyl/N-ethyl adjacent to an activating group) is 1. The quantitative estimate of drug-likeness (QED) is 0.268. The number of imide groups is 1. The molecule has 1 aliphatic rings. The Balaban J connectivity index is 2.30. The van der Waals surface area contributed by atoms with Crippen molar-refractivity contribution in [1.29, 1.82) is 0 Å². The molecule has 0 bridgehead atoms. The molecule has 1 aliphatic heterocycles. The van der Waals surface area contributed by atoms with Crippen LogP contribution in [-0.4, -0.2) is 44.7 Å². The molecule has 106 valence electrons. The van der Waals surface area contributed by atoms with Gasteiger partial charge in [-0.15, -0.1) is 0 Å². The van der Waals surface area contributed by atoms with Crippen LogP contribution in [0, 0.1) is 10.1 Å². The van der Waals surface area contributed by atoms with Gasteiger partial charge in [-0.3, -0.25) is 30.0 Å². The lowest BCUT2D eigenvalue weighted by molar-refractivity contribution is -0.384. The molecule has 1 aromatic rings. The molecule has 1 fully saturated rings. The second kappa shape index (κ2) is 5.05. The van der Waals surface area contributed by atoms with Crippen molar-refractivity contribution in [3.8, 4) is 0 Å². The van der Waals surface area contributed by atoms with Gasteiger partial charge in [-0.1, -0.05) is 0 Å². The van der Waals surface area contributed by atoms with Crippen LogP contribution in [0.5, 0.6) is 0 Å². The van der Waals surface area contributed by atoms with Gasteiger partial charge in [0.2, 0.25) is 17.7 Å². The van der Waals surface area contributed by atoms with E-state index in [4.69, 9.17) is 5.84 Å². The van der Waals surface area contributed by atoms with Gasteiger partial charge in [-0.2, -0.15) is 4.98 Å². The Morgan fingerprint density at radius 1 is 1.55 bits per heavy atom. The van der Waals surface area contributed by atoms with Crippen molar-refractivity contribution in [1.82, 2.24) is 14.9 Å². The lowest BCUT2D eigenvalue weighted by Crippen LogP contribution is -2.32. The Morgan fingerprint density at radius 3 is 2.75 bits per heavy atom. The fraction of sp³-hybridized carbons (Fsp3) is 0.333. The predicted octanol–water partition coefficient (Wildman–Crippen LogP) is -1.16. The minimum absolute atomic E-state index is 0.0526. The summed E-state index contributed by atoms with van der Waals surface area (Å²) in [5, 5.41) is 13.5. The van der Waals surface area contributed by atoms with Crippen LogP contribution in [-0.2, 0) is 9.59 Å². The van der Waals surface area contributed by atoms with E-state index in [1.165, 1.54) is 7.05 Å². The number of nitrogens with two attached hydrogens (primary N) is 1. The van der Waals surface area contributed by atoms with Crippen molar-refractivity contribution in [3.05, 3.63) is 16.3 Å². The maximum atomic E-state index is 11.7. The Hall–Kier alpha value is -2.82. The number of anilines is 2. The average molecular weight is 281 g/mol. The van der Waals surface area contributed by atoms with Crippen LogP contribution in [0.2, 0.25) is 0 Å². The van der Waals surface area contributed by atoms with E-state index in [0.29, 0.717) is 0 Å². The summed E-state index contributed by atoms with van der Waals surface area (Å²) in [5.41, 5.74) is 1.72. The molecule has 1 aromatic heterocycles. The molecule has 1 unspecified atom stereocenters. The van der Waals surface area contributed by atoms with Crippen LogP contribution in [0.25, 0.3) is 0 Å². The van der Waals surface area contributed by atoms with Crippen molar-refractivity contribution in [2.45, 2.75) is 12.5 Å². The SMILES string of the molecule is CN1C(=O)CC(Nc2nc(NN)ncc2[N+](=O)[O-])C1=O. The summed E-state index contributed by atoms with van der Waals surface area (Å²) >= 11 is 0. The highest BCUT2D eigenvalue weighted by Gasteiger charge is 2.37. The van der Waals surface area contributed by atoms with Gasteiger partial charge in [0.1, 0.15) is 12.2 Å². The maximum absolute atomic E-state index is 11.7. The average Bonchev–Trinajstić information content (AvgIpc) is 2.66. The number of likely N-dealkylation sites (tertiary alicyclic amines) is 1. The van der Waals surface area contributed by atoms with Crippen LogP contribution in [0.4, 0.5) is 17.5 Å². The number of carbonyl (C=O) groups excluding carboxylic acids is 2. The van der Waals surface area contributed by atoms with Gasteiger partial charge in [0, 0.05) is 7.05 Å². The molecule has 20 heavy (non-hydrogen) atoms. The van der Waals surface area contributed by atoms with Gasteiger partial charge in [0.15, 0.2) is 0 Å². The van der Waals surface area contributed by atoms with E-state index in [9.17, 15) is 19.7 Å². The molecule has 0 saturated carbocycles. The van der Waals surface area contributed by atoms with Crippen LogP contribution < -0.4 is 16.6 Å². The van der Waals surface area contributed by atoms with E-state index >= 15 is 0 Å². The standard InChI is InChI=1S/C9H11N7O4/c1-15-6(17)2-4(8(15)18)12-7-5(16(19)20)3-11-9(13-7)14-10/h3-4H,2,10H2,1H3,(H2,11,12,13,14). The molecular formula is C9H11N7O4. The molecule has 0 aromatic carbocycles. The monoisotopic (exact) mass is 281 g/mol. The topological polar surface area (TPSA) is 156 Å². The highest BCUT2D eigenvalue weighted by Crippen LogP contribution is 2.24. The molecule has 1 atom stereocenters. The molecule has 2 rings (SSSR count). The Labute approximate surface area is 112 Å². The molecule has 11 heteroatoms. The summed E-state index contributed by atoms with van der Waals surface area (Å²) in [6.45, 7) is 0. The second-order valence-electron chi connectivity index (χ2n) is 4.02. The summed E-state index contributed by atoms with van der Waals surface area (Å²) < 4.78 is 0. The number of amides is 2. The highest BCUT2D eigenvalue weighted by molar-refractivity contribution is 6.06. The molecule has 1 saturated heterocycles. The minimum atomic E-state index is -0.897. The van der Waals surface area contributed by atoms with Gasteiger partial charge in [0.25, 0.3) is 5.91 Å². The van der Waals surface area contributed by atoms with Crippen LogP contribution in [0.1, 0.15) is 6.42 Å². The molecule has 11 nitrogen and oxygen atoms in total. The number of nitrogens with one attached hydrogen (secondary N) is 2. The predicted molar refractivity (Wildman–Crippen MR) is 66.3 cm³/mol. The number of hydrazine groups is 1. The molecule has 0 aliphatic carbocycles. The zero-order valence-electron chi connectivity index (χ0n) is 10.4. The Bertz CT molecular complexity index is 590. The smallest absolute Gasteiger partial charge is 0.329 e. The van der Waals surface area contributed by atoms with E-state index in [-0.39, 0.29) is 24.1 Å². The van der Waals surface area contributed by atoms with Crippen LogP contribution in [0.3, 0.4) is 0 Å². The molecule has 2 heterocycles. The first-order valence-corrected chi connectivity index (χ1v) is 5.49. The van der Waals surface area contributed by atoms with Gasteiger partial charge in [-0.05, 0) is 0 Å². The first-order chi connectivity index (χ1) is 9.43. The fourth-order valence-electron chi connectivity index (χ4n) is 1.72. The summed E-state index contributed by atoms with van der Waals surface area (Å²) in [7, 11) is 1.34. The number of aromatic nitrogens is 2. The Kier molecular flexibility index (Phi) is 3.43. The molecule has 0 radical (unpaired) electrons. The number of hydrogen-bond acceptors (Lipinski definition) is 9. The number of carbonyl (C=O) groups is 2. The molecule has 4 N–H and O–H groups in total. The summed E-state index contributed by atoms with van der Waals surface area (Å²) in [4.78, 5) is 41.7. The lowest BCUT2D eigenvalue weighted by Gasteiger charge is -2.12. The fourth-order valence-corrected chi connectivity index (χ4v) is 1.72. The summed E-state index contributed by atoms with van der Waals surface area (Å²) in [6, 6.07) is -0.897. The van der Waals surface area contributed by atoms with Gasteiger partial charge < -0.3 is 5.32 Å². The number of nitro groups is 1. The zero-order chi connectivity index (χ0) is 14.9. The van der Waals surface area contributed by atoms with Crippen molar-refractivity contribution in [2.75, 3.05) is 17.8 Å². The molecular weight excluding hydrogens is 270 g/mol. The maximum Gasteiger partial charge on any atom is 0.329 e. The van der Waals surface area contributed by atoms with Gasteiger partial charge >= 0.3 is 5.69 Å². The van der Waals surface area contributed by atoms with Gasteiger partial charge in [-0.25, -0.2) is 10.8 Å². The first kappa shape index (κ1) is 13.6. The number of nitrogens with zero attached hydrogens (tertiary/aromatic N) is 4. The summed E-state index contributed by atoms with van der Waals surface area (Å²) in [6.07, 6.45) is 0.858. The minimum Gasteiger partial charge on any atom is -0.352 e. The molecule has 2 amide bonds. The normalized spacial score (nSPS) is 18.3. The lowest BCUT2D eigenvalue weighted by atomic mass is 10.2. The van der Waals surface area contributed by atoms with Crippen molar-refractivity contribution < 1.29 is 14.5 Å². The van der Waals surface area contributed by atoms with Crippen LogP contribution >= 0.6 is 0 Å². The Morgan fingerprint density at radius 2 is 2.25 bits per heavy atom. The number of hydrogen-bond donors (Lipinski definition) is 3. The largest absolute Gasteiger partial charge is 0.352 e. The number of nitrogen functional groups attached to an aromatic ring is 1. The van der Waals surface area contributed by atoms with E-state index in [2.05, 4.69) is 20.7 Å². The van der Waals surface area contributed by atoms with Crippen molar-refractivity contribution >= 4 is 29.3 Å². The molecule has 0 spiro atoms. The second-order valence-corrected chi connectivity index (χ2v) is 4.02. The van der Waals surface area contributed by atoms with Crippen LogP contribution in [0.15, 0.2) is 6.20 Å². The number of rotatable bonds is 4. The van der Waals surface area contributed by atoms with E-state index in [1.54, 1.807) is 0 Å². The summed E-state index contributed by atoms with van der Waals surface area (Å²) in [5.74, 6) is 4.03. The van der Waals surface area contributed by atoms with E-state index in [1.807, 2.05) is 0 Å². The van der Waals surface area contributed by atoms with Gasteiger partial charge in [0.05, 0.1) is 11.3 Å². The third-order valence-corrected chi connectivity index (χ3v) is 2.79.